The summed E-state index contributed by atoms with van der Waals surface area (Å²) in [6.07, 6.45) is 0. The first-order chi connectivity index (χ1) is 6.95. The summed E-state index contributed by atoms with van der Waals surface area (Å²) in [4.78, 5) is 13.0. The summed E-state index contributed by atoms with van der Waals surface area (Å²) in [5, 5.41) is 21.2. The lowest BCUT2D eigenvalue weighted by Gasteiger charge is -2.36. The van der Waals surface area contributed by atoms with Gasteiger partial charge in [0.1, 0.15) is 0 Å². The highest BCUT2D eigenvalue weighted by Gasteiger charge is 2.31. The number of hydrogen-bond donors (Lipinski definition) is 3. The molecule has 0 bridgehead atoms. The average Bonchev–Trinajstić information content (AvgIpc) is 2.17. The SMILES string of the molecule is CC(C)(CN1CCN[C@@H](CO)C1)C(=O)O. The standard InChI is InChI=1S/C10H20N2O3/c1-10(2,9(14)15)7-12-4-3-11-8(5-12)6-13/h8,11,13H,3-7H2,1-2H3,(H,14,15)/t8-/m1/s1. The normalized spacial score (nSPS) is 24.1. The van der Waals surface area contributed by atoms with Gasteiger partial charge in [0, 0.05) is 32.2 Å². The summed E-state index contributed by atoms with van der Waals surface area (Å²) < 4.78 is 0. The lowest BCUT2D eigenvalue weighted by molar-refractivity contribution is -0.148. The molecule has 1 saturated heterocycles. The zero-order valence-corrected chi connectivity index (χ0v) is 9.36. The number of hydrogen-bond acceptors (Lipinski definition) is 4. The maximum atomic E-state index is 11.0. The fourth-order valence-corrected chi connectivity index (χ4v) is 1.79. The number of piperazine rings is 1. The van der Waals surface area contributed by atoms with Crippen LogP contribution in [0.15, 0.2) is 0 Å². The number of carboxylic acids is 1. The van der Waals surface area contributed by atoms with Crippen molar-refractivity contribution in [3.05, 3.63) is 0 Å². The predicted molar refractivity (Wildman–Crippen MR) is 56.7 cm³/mol. The molecular formula is C10H20N2O3. The van der Waals surface area contributed by atoms with E-state index in [1.807, 2.05) is 0 Å². The van der Waals surface area contributed by atoms with Crippen LogP contribution in [0, 0.1) is 5.41 Å². The first kappa shape index (κ1) is 12.4. The summed E-state index contributed by atoms with van der Waals surface area (Å²) in [5.74, 6) is -0.776. The Morgan fingerprint density at radius 1 is 1.60 bits per heavy atom. The van der Waals surface area contributed by atoms with Gasteiger partial charge in [-0.25, -0.2) is 0 Å². The Labute approximate surface area is 90.1 Å². The highest BCUT2D eigenvalue weighted by Crippen LogP contribution is 2.17. The number of carboxylic acid groups (broad SMARTS) is 1. The fourth-order valence-electron chi connectivity index (χ4n) is 1.79. The quantitative estimate of drug-likeness (QED) is 0.583. The van der Waals surface area contributed by atoms with E-state index in [2.05, 4.69) is 10.2 Å². The van der Waals surface area contributed by atoms with Crippen LogP contribution in [0.1, 0.15) is 13.8 Å². The Morgan fingerprint density at radius 3 is 2.80 bits per heavy atom. The van der Waals surface area contributed by atoms with Crippen molar-refractivity contribution in [3.63, 3.8) is 0 Å². The van der Waals surface area contributed by atoms with Crippen LogP contribution in [-0.2, 0) is 4.79 Å². The van der Waals surface area contributed by atoms with Crippen molar-refractivity contribution in [2.75, 3.05) is 32.8 Å². The number of carbonyl (C=O) groups is 1. The van der Waals surface area contributed by atoms with E-state index in [4.69, 9.17) is 10.2 Å². The first-order valence-electron chi connectivity index (χ1n) is 5.25. The molecule has 0 radical (unpaired) electrons. The van der Waals surface area contributed by atoms with E-state index in [1.165, 1.54) is 0 Å². The van der Waals surface area contributed by atoms with Crippen LogP contribution in [0.3, 0.4) is 0 Å². The lowest BCUT2D eigenvalue weighted by atomic mass is 9.92. The minimum atomic E-state index is -0.776. The molecule has 0 aliphatic carbocycles. The molecule has 1 rings (SSSR count). The molecule has 0 aromatic carbocycles. The van der Waals surface area contributed by atoms with Crippen LogP contribution >= 0.6 is 0 Å². The maximum absolute atomic E-state index is 11.0. The van der Waals surface area contributed by atoms with Crippen molar-refractivity contribution in [1.29, 1.82) is 0 Å². The molecule has 5 heteroatoms. The Bertz CT molecular complexity index is 231. The predicted octanol–water partition coefficient (Wildman–Crippen LogP) is -0.637. The third-order valence-electron chi connectivity index (χ3n) is 2.76. The van der Waals surface area contributed by atoms with Crippen LogP contribution < -0.4 is 5.32 Å². The van der Waals surface area contributed by atoms with Crippen LogP contribution in [0.2, 0.25) is 0 Å². The van der Waals surface area contributed by atoms with Gasteiger partial charge in [0.05, 0.1) is 12.0 Å². The molecule has 0 amide bonds. The van der Waals surface area contributed by atoms with Gasteiger partial charge in [0.2, 0.25) is 0 Å². The van der Waals surface area contributed by atoms with E-state index in [1.54, 1.807) is 13.8 Å². The summed E-state index contributed by atoms with van der Waals surface area (Å²) >= 11 is 0. The zero-order valence-electron chi connectivity index (χ0n) is 9.36. The van der Waals surface area contributed by atoms with Gasteiger partial charge in [-0.15, -0.1) is 0 Å². The van der Waals surface area contributed by atoms with Crippen molar-refractivity contribution < 1.29 is 15.0 Å². The summed E-state index contributed by atoms with van der Waals surface area (Å²) in [5.41, 5.74) is -0.725. The Morgan fingerprint density at radius 2 is 2.27 bits per heavy atom. The maximum Gasteiger partial charge on any atom is 0.310 e. The van der Waals surface area contributed by atoms with Gasteiger partial charge < -0.3 is 15.5 Å². The highest BCUT2D eigenvalue weighted by atomic mass is 16.4. The highest BCUT2D eigenvalue weighted by molar-refractivity contribution is 5.73. The van der Waals surface area contributed by atoms with E-state index in [0.29, 0.717) is 13.1 Å². The first-order valence-corrected chi connectivity index (χ1v) is 5.25. The van der Waals surface area contributed by atoms with Crippen molar-refractivity contribution in [1.82, 2.24) is 10.2 Å². The zero-order chi connectivity index (χ0) is 11.5. The summed E-state index contributed by atoms with van der Waals surface area (Å²) in [6, 6.07) is 0.0725. The molecule has 0 unspecified atom stereocenters. The van der Waals surface area contributed by atoms with Gasteiger partial charge in [0.25, 0.3) is 0 Å². The molecule has 0 aromatic heterocycles. The number of nitrogens with one attached hydrogen (secondary N) is 1. The monoisotopic (exact) mass is 216 g/mol. The Kier molecular flexibility index (Phi) is 4.07. The topological polar surface area (TPSA) is 72.8 Å². The Balaban J connectivity index is 2.47. The third kappa shape index (κ3) is 3.44. The van der Waals surface area contributed by atoms with E-state index in [-0.39, 0.29) is 12.6 Å². The number of aliphatic hydroxyl groups excluding tert-OH is 1. The van der Waals surface area contributed by atoms with Gasteiger partial charge in [-0.2, -0.15) is 0 Å². The number of aliphatic hydroxyl groups is 1. The second kappa shape index (κ2) is 4.92. The Hall–Kier alpha value is -0.650. The smallest absolute Gasteiger partial charge is 0.310 e. The van der Waals surface area contributed by atoms with Crippen LogP contribution in [0.5, 0.6) is 0 Å². The molecule has 5 nitrogen and oxygen atoms in total. The van der Waals surface area contributed by atoms with E-state index >= 15 is 0 Å². The van der Waals surface area contributed by atoms with E-state index in [0.717, 1.165) is 13.1 Å². The average molecular weight is 216 g/mol. The molecule has 1 atom stereocenters. The van der Waals surface area contributed by atoms with Gasteiger partial charge in [-0.05, 0) is 13.8 Å². The fraction of sp³-hybridized carbons (Fsp3) is 0.900. The molecule has 88 valence electrons. The van der Waals surface area contributed by atoms with Crippen molar-refractivity contribution in [2.24, 2.45) is 5.41 Å². The molecular weight excluding hydrogens is 196 g/mol. The molecule has 3 N–H and O–H groups in total. The molecule has 1 heterocycles. The summed E-state index contributed by atoms with van der Waals surface area (Å²) in [6.45, 7) is 6.45. The van der Waals surface area contributed by atoms with Gasteiger partial charge in [-0.1, -0.05) is 0 Å². The molecule has 1 aliphatic rings. The third-order valence-corrected chi connectivity index (χ3v) is 2.76. The van der Waals surface area contributed by atoms with Crippen LogP contribution in [0.25, 0.3) is 0 Å². The minimum absolute atomic E-state index is 0.0725. The molecule has 0 spiro atoms. The van der Waals surface area contributed by atoms with E-state index < -0.39 is 11.4 Å². The lowest BCUT2D eigenvalue weighted by Crippen LogP contribution is -2.54. The number of aliphatic carboxylic acids is 1. The van der Waals surface area contributed by atoms with Crippen molar-refractivity contribution >= 4 is 5.97 Å². The second-order valence-corrected chi connectivity index (χ2v) is 4.76. The minimum Gasteiger partial charge on any atom is -0.481 e. The van der Waals surface area contributed by atoms with Crippen molar-refractivity contribution in [3.8, 4) is 0 Å². The molecule has 0 aromatic rings. The van der Waals surface area contributed by atoms with Gasteiger partial charge in [0.15, 0.2) is 0 Å². The van der Waals surface area contributed by atoms with Crippen LogP contribution in [0.4, 0.5) is 0 Å². The van der Waals surface area contributed by atoms with Crippen molar-refractivity contribution in [2.45, 2.75) is 19.9 Å². The number of nitrogens with zero attached hydrogens (tertiary/aromatic N) is 1. The molecule has 0 saturated carbocycles. The second-order valence-electron chi connectivity index (χ2n) is 4.76. The molecule has 1 fully saturated rings. The van der Waals surface area contributed by atoms with E-state index in [9.17, 15) is 4.79 Å². The molecule has 1 aliphatic heterocycles. The molecule has 15 heavy (non-hydrogen) atoms. The van der Waals surface area contributed by atoms with Gasteiger partial charge >= 0.3 is 5.97 Å². The summed E-state index contributed by atoms with van der Waals surface area (Å²) in [7, 11) is 0. The van der Waals surface area contributed by atoms with Crippen LogP contribution in [-0.4, -0.2) is 59.9 Å². The largest absolute Gasteiger partial charge is 0.481 e. The van der Waals surface area contributed by atoms with Gasteiger partial charge in [-0.3, -0.25) is 9.69 Å². The number of rotatable bonds is 4.